The molecule has 0 saturated carbocycles. The van der Waals surface area contributed by atoms with Gasteiger partial charge in [-0.15, -0.1) is 0 Å². The zero-order valence-corrected chi connectivity index (χ0v) is 22.1. The quantitative estimate of drug-likeness (QED) is 0.263. The fourth-order valence-corrected chi connectivity index (χ4v) is 4.36. The van der Waals surface area contributed by atoms with Crippen LogP contribution in [0.4, 0.5) is 16.4 Å². The third-order valence-corrected chi connectivity index (χ3v) is 6.37. The van der Waals surface area contributed by atoms with E-state index in [1.54, 1.807) is 48.8 Å². The van der Waals surface area contributed by atoms with Gasteiger partial charge in [-0.2, -0.15) is 0 Å². The number of carboxylic acid groups (broad SMARTS) is 1. The lowest BCUT2D eigenvalue weighted by molar-refractivity contribution is -0.137. The number of anilines is 2. The van der Waals surface area contributed by atoms with Crippen LogP contribution in [-0.4, -0.2) is 65.5 Å². The van der Waals surface area contributed by atoms with Crippen LogP contribution in [0.3, 0.4) is 0 Å². The maximum absolute atomic E-state index is 13.0. The third-order valence-electron chi connectivity index (χ3n) is 6.37. The lowest BCUT2D eigenvalue weighted by Crippen LogP contribution is -2.49. The minimum absolute atomic E-state index is 0.00636. The molecule has 1 aliphatic rings. The van der Waals surface area contributed by atoms with Crippen molar-refractivity contribution in [2.45, 2.75) is 38.1 Å². The second-order valence-corrected chi connectivity index (χ2v) is 9.19. The number of piperidine rings is 1. The highest BCUT2D eigenvalue weighted by Gasteiger charge is 2.24. The van der Waals surface area contributed by atoms with Gasteiger partial charge in [-0.1, -0.05) is 30.3 Å². The summed E-state index contributed by atoms with van der Waals surface area (Å²) in [5.74, 6) is -0.645. The number of hydrogen-bond donors (Lipinski definition) is 4. The van der Waals surface area contributed by atoms with Gasteiger partial charge < -0.3 is 35.4 Å². The summed E-state index contributed by atoms with van der Waals surface area (Å²) in [4.78, 5) is 47.2. The molecule has 1 fully saturated rings. The average molecular weight is 549 g/mol. The van der Waals surface area contributed by atoms with Crippen molar-refractivity contribution in [1.82, 2.24) is 20.6 Å². The number of benzene rings is 2. The van der Waals surface area contributed by atoms with Gasteiger partial charge in [0.15, 0.2) is 0 Å². The second-order valence-electron chi connectivity index (χ2n) is 9.19. The molecule has 1 saturated heterocycles. The molecule has 1 aliphatic heterocycles. The van der Waals surface area contributed by atoms with Gasteiger partial charge in [-0.25, -0.2) is 14.8 Å². The fraction of sp³-hybridized carbons (Fsp3) is 0.321. The number of carboxylic acids is 1. The number of aromatic nitrogens is 2. The number of aliphatic carboxylic acids is 1. The van der Waals surface area contributed by atoms with Crippen LogP contribution >= 0.6 is 0 Å². The zero-order chi connectivity index (χ0) is 28.3. The number of amides is 2. The topological polar surface area (TPSA) is 155 Å². The number of ether oxygens (including phenoxy) is 2. The summed E-state index contributed by atoms with van der Waals surface area (Å²) >= 11 is 0. The molecule has 210 valence electrons. The van der Waals surface area contributed by atoms with E-state index < -0.39 is 30.6 Å². The van der Waals surface area contributed by atoms with Gasteiger partial charge in [0, 0.05) is 37.1 Å². The fourth-order valence-electron chi connectivity index (χ4n) is 4.36. The molecular weight excluding hydrogens is 516 g/mol. The molecule has 2 heterocycles. The number of hydrogen-bond acceptors (Lipinski definition) is 9. The smallest absolute Gasteiger partial charge is 0.409 e. The molecule has 2 amide bonds. The first-order valence-electron chi connectivity index (χ1n) is 12.9. The van der Waals surface area contributed by atoms with Crippen LogP contribution in [-0.2, 0) is 16.1 Å². The van der Waals surface area contributed by atoms with Crippen molar-refractivity contribution in [3.8, 4) is 5.75 Å². The van der Waals surface area contributed by atoms with Gasteiger partial charge >= 0.3 is 12.1 Å². The van der Waals surface area contributed by atoms with Crippen molar-refractivity contribution in [3.05, 3.63) is 78.1 Å². The molecule has 0 bridgehead atoms. The Hall–Kier alpha value is -4.87. The van der Waals surface area contributed by atoms with Gasteiger partial charge in [0.25, 0.3) is 5.91 Å². The van der Waals surface area contributed by atoms with Crippen LogP contribution in [0, 0.1) is 0 Å². The molecule has 4 N–H and O–H groups in total. The summed E-state index contributed by atoms with van der Waals surface area (Å²) in [5, 5.41) is 17.6. The van der Waals surface area contributed by atoms with E-state index in [2.05, 4.69) is 30.8 Å². The SMILES string of the molecule is COc1cc(C(=O)NC(CC(=O)O)NC(=O)OCc2ccccc2)ccc1N1CCC(Nc2ncccn2)CC1. The van der Waals surface area contributed by atoms with E-state index in [0.29, 0.717) is 11.7 Å². The Labute approximate surface area is 231 Å². The predicted molar refractivity (Wildman–Crippen MR) is 147 cm³/mol. The number of carbonyl (C=O) groups is 3. The van der Waals surface area contributed by atoms with Crippen molar-refractivity contribution in [2.75, 3.05) is 30.4 Å². The van der Waals surface area contributed by atoms with Crippen LogP contribution in [0.5, 0.6) is 5.75 Å². The van der Waals surface area contributed by atoms with E-state index in [9.17, 15) is 19.5 Å². The lowest BCUT2D eigenvalue weighted by Gasteiger charge is -2.34. The molecular formula is C28H32N6O6. The highest BCUT2D eigenvalue weighted by molar-refractivity contribution is 5.96. The van der Waals surface area contributed by atoms with E-state index in [1.807, 2.05) is 18.2 Å². The first-order chi connectivity index (χ1) is 19.4. The van der Waals surface area contributed by atoms with Crippen molar-refractivity contribution in [2.24, 2.45) is 0 Å². The van der Waals surface area contributed by atoms with E-state index in [4.69, 9.17) is 9.47 Å². The van der Waals surface area contributed by atoms with Crippen molar-refractivity contribution in [1.29, 1.82) is 0 Å². The Kier molecular flexibility index (Phi) is 9.70. The number of alkyl carbamates (subject to hydrolysis) is 1. The Bertz CT molecular complexity index is 1280. The summed E-state index contributed by atoms with van der Waals surface area (Å²) in [6.07, 6.45) is 2.58. The number of nitrogens with zero attached hydrogens (tertiary/aromatic N) is 3. The van der Waals surface area contributed by atoms with Crippen molar-refractivity contribution in [3.63, 3.8) is 0 Å². The van der Waals surface area contributed by atoms with Crippen molar-refractivity contribution < 1.29 is 29.0 Å². The number of methoxy groups -OCH3 is 1. The summed E-state index contributed by atoms with van der Waals surface area (Å²) in [6.45, 7) is 1.54. The van der Waals surface area contributed by atoms with E-state index in [1.165, 1.54) is 7.11 Å². The molecule has 12 heteroatoms. The maximum Gasteiger partial charge on any atom is 0.409 e. The van der Waals surface area contributed by atoms with E-state index in [-0.39, 0.29) is 18.2 Å². The summed E-state index contributed by atoms with van der Waals surface area (Å²) < 4.78 is 10.7. The molecule has 2 aromatic carbocycles. The highest BCUT2D eigenvalue weighted by Crippen LogP contribution is 2.32. The van der Waals surface area contributed by atoms with Crippen LogP contribution < -0.4 is 25.6 Å². The standard InChI is InChI=1S/C28H32N6O6/c1-39-23-16-20(8-9-22(23)34-14-10-21(11-15-34)31-27-29-12-5-13-30-27)26(37)32-24(17-25(35)36)33-28(38)40-18-19-6-3-2-4-7-19/h2-9,12-13,16,21,24H,10-11,14-15,17-18H2,1H3,(H,32,37)(H,33,38)(H,35,36)(H,29,30,31). The van der Waals surface area contributed by atoms with E-state index >= 15 is 0 Å². The average Bonchev–Trinajstić information content (AvgIpc) is 2.97. The molecule has 3 aromatic rings. The van der Waals surface area contributed by atoms with E-state index in [0.717, 1.165) is 37.2 Å². The van der Waals surface area contributed by atoms with Crippen LogP contribution in [0.2, 0.25) is 0 Å². The lowest BCUT2D eigenvalue weighted by atomic mass is 10.0. The first-order valence-corrected chi connectivity index (χ1v) is 12.9. The molecule has 0 spiro atoms. The maximum atomic E-state index is 13.0. The van der Waals surface area contributed by atoms with Gasteiger partial charge in [-0.3, -0.25) is 9.59 Å². The Morgan fingerprint density at radius 3 is 2.42 bits per heavy atom. The molecule has 0 aliphatic carbocycles. The minimum Gasteiger partial charge on any atom is -0.495 e. The number of carbonyl (C=O) groups excluding carboxylic acids is 2. The Balaban J connectivity index is 1.34. The van der Waals surface area contributed by atoms with Gasteiger partial charge in [0.2, 0.25) is 5.95 Å². The number of rotatable bonds is 11. The molecule has 40 heavy (non-hydrogen) atoms. The van der Waals surface area contributed by atoms with Gasteiger partial charge in [-0.05, 0) is 42.7 Å². The predicted octanol–water partition coefficient (Wildman–Crippen LogP) is 3.02. The van der Waals surface area contributed by atoms with Crippen LogP contribution in [0.15, 0.2) is 67.0 Å². The molecule has 1 unspecified atom stereocenters. The van der Waals surface area contributed by atoms with Crippen LogP contribution in [0.25, 0.3) is 0 Å². The number of nitrogens with one attached hydrogen (secondary N) is 3. The molecule has 4 rings (SSSR count). The summed E-state index contributed by atoms with van der Waals surface area (Å²) in [6, 6.07) is 16.1. The zero-order valence-electron chi connectivity index (χ0n) is 22.1. The van der Waals surface area contributed by atoms with Gasteiger partial charge in [0.05, 0.1) is 19.2 Å². The molecule has 1 atom stereocenters. The first kappa shape index (κ1) is 28.1. The molecule has 12 nitrogen and oxygen atoms in total. The van der Waals surface area contributed by atoms with Crippen LogP contribution in [0.1, 0.15) is 35.2 Å². The Morgan fingerprint density at radius 1 is 1.02 bits per heavy atom. The van der Waals surface area contributed by atoms with Gasteiger partial charge in [0.1, 0.15) is 18.5 Å². The normalized spacial score (nSPS) is 14.1. The third kappa shape index (κ3) is 8.06. The monoisotopic (exact) mass is 548 g/mol. The second kappa shape index (κ2) is 13.8. The Morgan fingerprint density at radius 2 is 1.75 bits per heavy atom. The summed E-state index contributed by atoms with van der Waals surface area (Å²) in [5.41, 5.74) is 1.88. The minimum atomic E-state index is -1.20. The largest absolute Gasteiger partial charge is 0.495 e. The molecule has 1 aromatic heterocycles. The highest BCUT2D eigenvalue weighted by atomic mass is 16.5. The molecule has 0 radical (unpaired) electrons. The van der Waals surface area contributed by atoms with Crippen molar-refractivity contribution >= 4 is 29.6 Å². The summed E-state index contributed by atoms with van der Waals surface area (Å²) in [7, 11) is 1.53.